The van der Waals surface area contributed by atoms with Crippen LogP contribution in [0, 0.1) is 0 Å². The number of aromatic nitrogens is 1. The fourth-order valence-corrected chi connectivity index (χ4v) is 3.03. The van der Waals surface area contributed by atoms with Crippen LogP contribution in [0.1, 0.15) is 10.4 Å². The minimum absolute atomic E-state index is 0.0516. The second-order valence-electron chi connectivity index (χ2n) is 6.50. The standard InChI is InChI=1S/C22H19N3O4/c1-25-18-9-2-3-10-19(18)28-14-17(22(25)27)24-21(26)15-7-6-8-16(13-15)29-20-11-4-5-12-23-20/h2-13,17H,14H2,1H3,(H,24,26)/t17-/m0/s1. The Morgan fingerprint density at radius 3 is 2.79 bits per heavy atom. The average molecular weight is 389 g/mol. The molecular formula is C22H19N3O4. The van der Waals surface area contributed by atoms with Gasteiger partial charge in [0.1, 0.15) is 24.1 Å². The molecular weight excluding hydrogens is 370 g/mol. The number of para-hydroxylation sites is 2. The number of fused-ring (bicyclic) bond motifs is 1. The summed E-state index contributed by atoms with van der Waals surface area (Å²) in [5.74, 6) is 0.869. The van der Waals surface area contributed by atoms with E-state index in [1.165, 1.54) is 4.90 Å². The van der Waals surface area contributed by atoms with E-state index in [0.717, 1.165) is 0 Å². The van der Waals surface area contributed by atoms with Gasteiger partial charge in [-0.1, -0.05) is 24.3 Å². The number of nitrogens with zero attached hydrogens (tertiary/aromatic N) is 2. The van der Waals surface area contributed by atoms with Crippen LogP contribution in [0.3, 0.4) is 0 Å². The first kappa shape index (κ1) is 18.5. The summed E-state index contributed by atoms with van der Waals surface area (Å²) in [6.45, 7) is 0.0516. The van der Waals surface area contributed by atoms with E-state index >= 15 is 0 Å². The van der Waals surface area contributed by atoms with Crippen molar-refractivity contribution < 1.29 is 19.1 Å². The van der Waals surface area contributed by atoms with E-state index in [-0.39, 0.29) is 12.5 Å². The Morgan fingerprint density at radius 1 is 1.14 bits per heavy atom. The lowest BCUT2D eigenvalue weighted by Gasteiger charge is -2.20. The van der Waals surface area contributed by atoms with Crippen molar-refractivity contribution in [3.8, 4) is 17.4 Å². The molecule has 0 saturated carbocycles. The second-order valence-corrected chi connectivity index (χ2v) is 6.50. The summed E-state index contributed by atoms with van der Waals surface area (Å²) in [6.07, 6.45) is 1.62. The SMILES string of the molecule is CN1C(=O)[C@@H](NC(=O)c2cccc(Oc3ccccn3)c2)COc2ccccc21. The zero-order valence-corrected chi connectivity index (χ0v) is 15.7. The first-order chi connectivity index (χ1) is 14.1. The third-order valence-corrected chi connectivity index (χ3v) is 4.52. The van der Waals surface area contributed by atoms with E-state index in [9.17, 15) is 9.59 Å². The van der Waals surface area contributed by atoms with Crippen molar-refractivity contribution in [3.05, 3.63) is 78.5 Å². The first-order valence-corrected chi connectivity index (χ1v) is 9.11. The number of amides is 2. The van der Waals surface area contributed by atoms with Crippen molar-refractivity contribution >= 4 is 17.5 Å². The summed E-state index contributed by atoms with van der Waals surface area (Å²) in [5.41, 5.74) is 1.04. The molecule has 0 unspecified atom stereocenters. The number of carbonyl (C=O) groups excluding carboxylic acids is 2. The number of likely N-dealkylation sites (N-methyl/N-ethyl adjacent to an activating group) is 1. The third kappa shape index (κ3) is 4.03. The Kier molecular flexibility index (Phi) is 5.11. The highest BCUT2D eigenvalue weighted by Crippen LogP contribution is 2.30. The van der Waals surface area contributed by atoms with Crippen LogP contribution in [-0.4, -0.2) is 36.5 Å². The number of rotatable bonds is 4. The molecule has 1 atom stereocenters. The van der Waals surface area contributed by atoms with Gasteiger partial charge < -0.3 is 19.7 Å². The average Bonchev–Trinajstić information content (AvgIpc) is 2.87. The van der Waals surface area contributed by atoms with Gasteiger partial charge in [0.15, 0.2) is 0 Å². The number of nitrogens with one attached hydrogen (secondary N) is 1. The zero-order chi connectivity index (χ0) is 20.2. The third-order valence-electron chi connectivity index (χ3n) is 4.52. The monoisotopic (exact) mass is 389 g/mol. The summed E-state index contributed by atoms with van der Waals surface area (Å²) in [7, 11) is 1.66. The number of carbonyl (C=O) groups is 2. The van der Waals surface area contributed by atoms with E-state index in [0.29, 0.717) is 28.6 Å². The molecule has 7 nitrogen and oxygen atoms in total. The van der Waals surface area contributed by atoms with Gasteiger partial charge in [-0.3, -0.25) is 9.59 Å². The molecule has 2 heterocycles. The van der Waals surface area contributed by atoms with Crippen LogP contribution in [0.2, 0.25) is 0 Å². The van der Waals surface area contributed by atoms with Gasteiger partial charge in [0.05, 0.1) is 5.69 Å². The normalized spacial score (nSPS) is 15.7. The van der Waals surface area contributed by atoms with Crippen molar-refractivity contribution in [1.29, 1.82) is 0 Å². The van der Waals surface area contributed by atoms with Gasteiger partial charge in [0.25, 0.3) is 11.8 Å². The van der Waals surface area contributed by atoms with Crippen molar-refractivity contribution in [2.24, 2.45) is 0 Å². The highest BCUT2D eigenvalue weighted by Gasteiger charge is 2.30. The van der Waals surface area contributed by atoms with Crippen LogP contribution >= 0.6 is 0 Å². The molecule has 29 heavy (non-hydrogen) atoms. The molecule has 2 aromatic carbocycles. The fraction of sp³-hybridized carbons (Fsp3) is 0.136. The number of hydrogen-bond acceptors (Lipinski definition) is 5. The lowest BCUT2D eigenvalue weighted by molar-refractivity contribution is -0.120. The minimum atomic E-state index is -0.805. The maximum Gasteiger partial charge on any atom is 0.252 e. The molecule has 1 aromatic heterocycles. The van der Waals surface area contributed by atoms with Gasteiger partial charge in [-0.15, -0.1) is 0 Å². The molecule has 0 fully saturated rings. The number of anilines is 1. The van der Waals surface area contributed by atoms with E-state index in [1.54, 1.807) is 61.8 Å². The molecule has 1 aliphatic rings. The molecule has 1 aliphatic heterocycles. The predicted molar refractivity (Wildman–Crippen MR) is 107 cm³/mol. The molecule has 4 rings (SSSR count). The summed E-state index contributed by atoms with van der Waals surface area (Å²) in [6, 6.07) is 18.5. The fourth-order valence-electron chi connectivity index (χ4n) is 3.03. The van der Waals surface area contributed by atoms with Crippen LogP contribution in [0.25, 0.3) is 0 Å². The maximum absolute atomic E-state index is 12.8. The van der Waals surface area contributed by atoms with Crippen molar-refractivity contribution in [1.82, 2.24) is 10.3 Å². The number of hydrogen-bond donors (Lipinski definition) is 1. The van der Waals surface area contributed by atoms with Crippen LogP contribution in [-0.2, 0) is 4.79 Å². The number of benzene rings is 2. The topological polar surface area (TPSA) is 80.8 Å². The Hall–Kier alpha value is -3.87. The van der Waals surface area contributed by atoms with Gasteiger partial charge in [-0.2, -0.15) is 0 Å². The lowest BCUT2D eigenvalue weighted by atomic mass is 10.1. The number of ether oxygens (including phenoxy) is 2. The van der Waals surface area contributed by atoms with Crippen molar-refractivity contribution in [2.45, 2.75) is 6.04 Å². The molecule has 3 aromatic rings. The molecule has 1 N–H and O–H groups in total. The van der Waals surface area contributed by atoms with Gasteiger partial charge in [-0.05, 0) is 36.4 Å². The minimum Gasteiger partial charge on any atom is -0.489 e. The highest BCUT2D eigenvalue weighted by atomic mass is 16.5. The lowest BCUT2D eigenvalue weighted by Crippen LogP contribution is -2.49. The Morgan fingerprint density at radius 2 is 1.97 bits per heavy atom. The Balaban J connectivity index is 1.48. The smallest absolute Gasteiger partial charge is 0.252 e. The molecule has 7 heteroatoms. The molecule has 2 amide bonds. The number of pyridine rings is 1. The van der Waals surface area contributed by atoms with E-state index in [2.05, 4.69) is 10.3 Å². The van der Waals surface area contributed by atoms with Gasteiger partial charge in [0.2, 0.25) is 5.88 Å². The molecule has 0 radical (unpaired) electrons. The Bertz CT molecular complexity index is 1040. The van der Waals surface area contributed by atoms with Crippen LogP contribution < -0.4 is 19.7 Å². The largest absolute Gasteiger partial charge is 0.489 e. The Labute approximate surface area is 167 Å². The van der Waals surface area contributed by atoms with E-state index < -0.39 is 11.9 Å². The van der Waals surface area contributed by atoms with Gasteiger partial charge >= 0.3 is 0 Å². The maximum atomic E-state index is 12.8. The second kappa shape index (κ2) is 8.02. The molecule has 146 valence electrons. The summed E-state index contributed by atoms with van der Waals surface area (Å²) < 4.78 is 11.4. The predicted octanol–water partition coefficient (Wildman–Crippen LogP) is 3.03. The summed E-state index contributed by atoms with van der Waals surface area (Å²) >= 11 is 0. The van der Waals surface area contributed by atoms with Crippen molar-refractivity contribution in [2.75, 3.05) is 18.6 Å². The van der Waals surface area contributed by atoms with Crippen LogP contribution in [0.15, 0.2) is 72.9 Å². The quantitative estimate of drug-likeness (QED) is 0.742. The van der Waals surface area contributed by atoms with Gasteiger partial charge in [0, 0.05) is 24.9 Å². The molecule has 0 saturated heterocycles. The zero-order valence-electron chi connectivity index (χ0n) is 15.7. The van der Waals surface area contributed by atoms with Crippen LogP contribution in [0.4, 0.5) is 5.69 Å². The first-order valence-electron chi connectivity index (χ1n) is 9.11. The highest BCUT2D eigenvalue weighted by molar-refractivity contribution is 6.03. The molecule has 0 spiro atoms. The van der Waals surface area contributed by atoms with E-state index in [4.69, 9.17) is 9.47 Å². The van der Waals surface area contributed by atoms with Crippen LogP contribution in [0.5, 0.6) is 17.4 Å². The summed E-state index contributed by atoms with van der Waals surface area (Å²) in [4.78, 5) is 31.1. The molecule has 0 aliphatic carbocycles. The van der Waals surface area contributed by atoms with E-state index in [1.807, 2.05) is 18.2 Å². The van der Waals surface area contributed by atoms with Crippen molar-refractivity contribution in [3.63, 3.8) is 0 Å². The van der Waals surface area contributed by atoms with Gasteiger partial charge in [-0.25, -0.2) is 4.98 Å². The summed E-state index contributed by atoms with van der Waals surface area (Å²) in [5, 5.41) is 2.75. The molecule has 0 bridgehead atoms.